The first-order valence-electron chi connectivity index (χ1n) is 9.01. The number of allylic oxidation sites excluding steroid dienone is 1. The maximum Gasteiger partial charge on any atom is 0.337 e. The summed E-state index contributed by atoms with van der Waals surface area (Å²) in [5.41, 5.74) is 2.43. The maximum atomic E-state index is 12.4. The molecular formula is C21H30N2O4. The van der Waals surface area contributed by atoms with Crippen LogP contribution in [0.1, 0.15) is 71.2 Å². The quantitative estimate of drug-likeness (QED) is 0.687. The summed E-state index contributed by atoms with van der Waals surface area (Å²) in [6.07, 6.45) is 0. The van der Waals surface area contributed by atoms with Gasteiger partial charge in [0.25, 0.3) is 0 Å². The molecule has 1 aliphatic rings. The van der Waals surface area contributed by atoms with Gasteiger partial charge in [-0.2, -0.15) is 0 Å². The third-order valence-electron chi connectivity index (χ3n) is 4.76. The van der Waals surface area contributed by atoms with Crippen molar-refractivity contribution in [2.75, 3.05) is 7.11 Å². The molecule has 1 heterocycles. The van der Waals surface area contributed by atoms with Crippen LogP contribution in [0.15, 0.2) is 23.4 Å². The minimum Gasteiger partial charge on any atom is -0.507 e. The largest absolute Gasteiger partial charge is 0.507 e. The molecular weight excluding hydrogens is 344 g/mol. The Bertz CT molecular complexity index is 775. The molecule has 0 saturated carbocycles. The van der Waals surface area contributed by atoms with Gasteiger partial charge in [0.1, 0.15) is 5.75 Å². The summed E-state index contributed by atoms with van der Waals surface area (Å²) in [5, 5.41) is 16.3. The molecule has 0 radical (unpaired) electrons. The number of carbonyl (C=O) groups is 2. The lowest BCUT2D eigenvalue weighted by molar-refractivity contribution is -0.136. The lowest BCUT2D eigenvalue weighted by atomic mass is 9.77. The fourth-order valence-corrected chi connectivity index (χ4v) is 3.29. The highest BCUT2D eigenvalue weighted by molar-refractivity contribution is 5.95. The normalized spacial score (nSPS) is 18.1. The Kier molecular flexibility index (Phi) is 5.32. The number of carbonyl (C=O) groups excluding carboxylic acids is 2. The van der Waals surface area contributed by atoms with Crippen molar-refractivity contribution in [2.45, 2.75) is 65.3 Å². The summed E-state index contributed by atoms with van der Waals surface area (Å²) in [6, 6.07) is 2.68. The van der Waals surface area contributed by atoms with Crippen LogP contribution in [-0.4, -0.2) is 24.2 Å². The number of phenols is 1. The summed E-state index contributed by atoms with van der Waals surface area (Å²) in [7, 11) is 1.31. The first-order chi connectivity index (χ1) is 12.3. The number of esters is 1. The van der Waals surface area contributed by atoms with Crippen LogP contribution in [0, 0.1) is 0 Å². The van der Waals surface area contributed by atoms with E-state index in [4.69, 9.17) is 4.74 Å². The molecule has 0 fully saturated rings. The molecule has 0 bridgehead atoms. The molecule has 27 heavy (non-hydrogen) atoms. The summed E-state index contributed by atoms with van der Waals surface area (Å²) >= 11 is 0. The number of nitrogens with one attached hydrogen (secondary N) is 2. The highest BCUT2D eigenvalue weighted by atomic mass is 16.5. The maximum absolute atomic E-state index is 12.4. The van der Waals surface area contributed by atoms with Crippen LogP contribution < -0.4 is 10.6 Å². The Morgan fingerprint density at radius 2 is 1.56 bits per heavy atom. The molecule has 6 nitrogen and oxygen atoms in total. The fraction of sp³-hybridized carbons (Fsp3) is 0.524. The number of ether oxygens (including phenoxy) is 1. The van der Waals surface area contributed by atoms with Gasteiger partial charge >= 0.3 is 12.0 Å². The van der Waals surface area contributed by atoms with E-state index in [1.165, 1.54) is 7.11 Å². The van der Waals surface area contributed by atoms with Gasteiger partial charge in [-0.15, -0.1) is 0 Å². The SMILES string of the molecule is COC(=O)C1=C(C)NC(=O)NC1c1cc(C(C)(C)C)c(O)c(C(C)(C)C)c1. The van der Waals surface area contributed by atoms with E-state index in [2.05, 4.69) is 10.6 Å². The topological polar surface area (TPSA) is 87.7 Å². The Labute approximate surface area is 161 Å². The van der Waals surface area contributed by atoms with E-state index in [1.807, 2.05) is 53.7 Å². The van der Waals surface area contributed by atoms with E-state index in [0.29, 0.717) is 11.3 Å². The van der Waals surface area contributed by atoms with Gasteiger partial charge in [-0.25, -0.2) is 9.59 Å². The Hall–Kier alpha value is -2.50. The summed E-state index contributed by atoms with van der Waals surface area (Å²) in [6.45, 7) is 13.8. The second-order valence-electron chi connectivity index (χ2n) is 9.03. The molecule has 2 rings (SSSR count). The van der Waals surface area contributed by atoms with Gasteiger partial charge in [-0.3, -0.25) is 0 Å². The molecule has 1 aliphatic heterocycles. The zero-order chi connectivity index (χ0) is 20.7. The van der Waals surface area contributed by atoms with Gasteiger partial charge in [0.05, 0.1) is 18.7 Å². The fourth-order valence-electron chi connectivity index (χ4n) is 3.29. The van der Waals surface area contributed by atoms with Crippen LogP contribution >= 0.6 is 0 Å². The monoisotopic (exact) mass is 374 g/mol. The number of urea groups is 1. The number of methoxy groups -OCH3 is 1. The molecule has 148 valence electrons. The number of benzene rings is 1. The highest BCUT2D eigenvalue weighted by Crippen LogP contribution is 2.42. The number of hydrogen-bond donors (Lipinski definition) is 3. The third-order valence-corrected chi connectivity index (χ3v) is 4.76. The van der Waals surface area contributed by atoms with Crippen molar-refractivity contribution in [3.8, 4) is 5.75 Å². The number of rotatable bonds is 2. The van der Waals surface area contributed by atoms with E-state index in [1.54, 1.807) is 6.92 Å². The van der Waals surface area contributed by atoms with Crippen LogP contribution in [0.5, 0.6) is 5.75 Å². The van der Waals surface area contributed by atoms with E-state index in [-0.39, 0.29) is 22.6 Å². The first kappa shape index (κ1) is 20.8. The number of phenolic OH excluding ortho intramolecular Hbond substituents is 1. The highest BCUT2D eigenvalue weighted by Gasteiger charge is 2.35. The molecule has 0 aliphatic carbocycles. The lowest BCUT2D eigenvalue weighted by Crippen LogP contribution is -2.45. The van der Waals surface area contributed by atoms with Crippen molar-refractivity contribution >= 4 is 12.0 Å². The van der Waals surface area contributed by atoms with Gasteiger partial charge in [0.2, 0.25) is 0 Å². The molecule has 1 atom stereocenters. The molecule has 1 unspecified atom stereocenters. The first-order valence-corrected chi connectivity index (χ1v) is 9.01. The van der Waals surface area contributed by atoms with Crippen LogP contribution in [0.3, 0.4) is 0 Å². The molecule has 3 N–H and O–H groups in total. The van der Waals surface area contributed by atoms with Gasteiger partial charge in [0.15, 0.2) is 0 Å². The van der Waals surface area contributed by atoms with E-state index >= 15 is 0 Å². The van der Waals surface area contributed by atoms with E-state index in [9.17, 15) is 14.7 Å². The Morgan fingerprint density at radius 1 is 1.07 bits per heavy atom. The predicted molar refractivity (Wildman–Crippen MR) is 105 cm³/mol. The summed E-state index contributed by atoms with van der Waals surface area (Å²) < 4.78 is 4.93. The van der Waals surface area contributed by atoms with Crippen molar-refractivity contribution < 1.29 is 19.4 Å². The molecule has 6 heteroatoms. The predicted octanol–water partition coefficient (Wildman–Crippen LogP) is 3.79. The van der Waals surface area contributed by atoms with Crippen LogP contribution in [-0.2, 0) is 20.4 Å². The average molecular weight is 374 g/mol. The second kappa shape index (κ2) is 6.91. The van der Waals surface area contributed by atoms with Crippen LogP contribution in [0.25, 0.3) is 0 Å². The zero-order valence-electron chi connectivity index (χ0n) is 17.4. The average Bonchev–Trinajstić information content (AvgIpc) is 2.51. The molecule has 2 amide bonds. The van der Waals surface area contributed by atoms with Crippen molar-refractivity contribution in [2.24, 2.45) is 0 Å². The van der Waals surface area contributed by atoms with Gasteiger partial charge in [-0.05, 0) is 46.6 Å². The van der Waals surface area contributed by atoms with Crippen molar-refractivity contribution in [1.82, 2.24) is 10.6 Å². The van der Waals surface area contributed by atoms with Gasteiger partial charge in [0, 0.05) is 5.70 Å². The zero-order valence-corrected chi connectivity index (χ0v) is 17.4. The molecule has 0 saturated heterocycles. The second-order valence-corrected chi connectivity index (χ2v) is 9.03. The minimum absolute atomic E-state index is 0.249. The third kappa shape index (κ3) is 4.10. The van der Waals surface area contributed by atoms with Crippen LogP contribution in [0.4, 0.5) is 4.79 Å². The molecule has 0 spiro atoms. The molecule has 1 aromatic rings. The lowest BCUT2D eigenvalue weighted by Gasteiger charge is -2.32. The van der Waals surface area contributed by atoms with Gasteiger partial charge < -0.3 is 20.5 Å². The number of aromatic hydroxyl groups is 1. The standard InChI is InChI=1S/C21H30N2O4/c1-11-15(18(25)27-8)16(23-19(26)22-11)12-9-13(20(2,3)4)17(24)14(10-12)21(5,6)7/h9-10,16,24H,1-8H3,(H2,22,23,26). The molecule has 0 aromatic heterocycles. The van der Waals surface area contributed by atoms with Gasteiger partial charge in [-0.1, -0.05) is 41.5 Å². The number of hydrogen-bond acceptors (Lipinski definition) is 4. The minimum atomic E-state index is -0.658. The van der Waals surface area contributed by atoms with Crippen molar-refractivity contribution in [3.63, 3.8) is 0 Å². The van der Waals surface area contributed by atoms with E-state index in [0.717, 1.165) is 16.7 Å². The van der Waals surface area contributed by atoms with Crippen LogP contribution in [0.2, 0.25) is 0 Å². The van der Waals surface area contributed by atoms with E-state index < -0.39 is 12.0 Å². The Balaban J connectivity index is 2.78. The smallest absolute Gasteiger partial charge is 0.337 e. The number of amides is 2. The summed E-state index contributed by atoms with van der Waals surface area (Å²) in [4.78, 5) is 24.5. The summed E-state index contributed by atoms with van der Waals surface area (Å²) in [5.74, 6) is -0.257. The van der Waals surface area contributed by atoms with Crippen molar-refractivity contribution in [3.05, 3.63) is 40.1 Å². The van der Waals surface area contributed by atoms with Crippen molar-refractivity contribution in [1.29, 1.82) is 0 Å². The molecule has 1 aromatic carbocycles. The Morgan fingerprint density at radius 3 is 1.96 bits per heavy atom.